The average molecular weight is 270 g/mol. The lowest BCUT2D eigenvalue weighted by Crippen LogP contribution is -2.20. The van der Waals surface area contributed by atoms with Crippen LogP contribution in [0.1, 0.15) is 24.9 Å². The molecule has 1 unspecified atom stereocenters. The van der Waals surface area contributed by atoms with Crippen molar-refractivity contribution in [2.75, 3.05) is 6.54 Å². The Morgan fingerprint density at radius 1 is 1.60 bits per heavy atom. The smallest absolute Gasteiger partial charge is 0.129 e. The van der Waals surface area contributed by atoms with Crippen LogP contribution in [-0.4, -0.2) is 6.54 Å². The molecular formula is C12H13BrFN. The molecule has 1 N–H and O–H groups in total. The second kappa shape index (κ2) is 5.89. The molecule has 1 rings (SSSR count). The summed E-state index contributed by atoms with van der Waals surface area (Å²) in [5, 5.41) is 3.16. The maximum atomic E-state index is 13.5. The summed E-state index contributed by atoms with van der Waals surface area (Å²) in [6.07, 6.45) is 5.79. The summed E-state index contributed by atoms with van der Waals surface area (Å²) in [4.78, 5) is 0. The van der Waals surface area contributed by atoms with E-state index in [-0.39, 0.29) is 11.9 Å². The van der Waals surface area contributed by atoms with Crippen LogP contribution in [0.4, 0.5) is 4.39 Å². The fourth-order valence-electron chi connectivity index (χ4n) is 1.32. The summed E-state index contributed by atoms with van der Waals surface area (Å²) in [6, 6.07) is 5.05. The van der Waals surface area contributed by atoms with Crippen LogP contribution in [0.2, 0.25) is 0 Å². The molecule has 0 aliphatic rings. The molecular weight excluding hydrogens is 257 g/mol. The zero-order chi connectivity index (χ0) is 11.3. The van der Waals surface area contributed by atoms with E-state index in [1.807, 2.05) is 13.0 Å². The molecule has 0 saturated carbocycles. The van der Waals surface area contributed by atoms with Gasteiger partial charge in [0.1, 0.15) is 5.82 Å². The SMILES string of the molecule is C#CCCNC(C)c1ccc(Br)cc1F. The van der Waals surface area contributed by atoms with Crippen LogP contribution in [0, 0.1) is 18.2 Å². The maximum absolute atomic E-state index is 13.5. The summed E-state index contributed by atoms with van der Waals surface area (Å²) in [6.45, 7) is 2.62. The molecule has 0 aromatic heterocycles. The van der Waals surface area contributed by atoms with Crippen molar-refractivity contribution in [3.05, 3.63) is 34.1 Å². The number of benzene rings is 1. The Kier molecular flexibility index (Phi) is 4.80. The Labute approximate surface area is 98.2 Å². The van der Waals surface area contributed by atoms with Crippen molar-refractivity contribution in [1.82, 2.24) is 5.32 Å². The first kappa shape index (κ1) is 12.2. The molecule has 0 spiro atoms. The van der Waals surface area contributed by atoms with E-state index in [9.17, 15) is 4.39 Å². The van der Waals surface area contributed by atoms with E-state index in [0.717, 1.165) is 4.47 Å². The van der Waals surface area contributed by atoms with Gasteiger partial charge in [-0.1, -0.05) is 22.0 Å². The van der Waals surface area contributed by atoms with Crippen molar-refractivity contribution in [2.45, 2.75) is 19.4 Å². The second-order valence-electron chi connectivity index (χ2n) is 3.30. The molecule has 3 heteroatoms. The minimum atomic E-state index is -0.204. The van der Waals surface area contributed by atoms with Crippen molar-refractivity contribution >= 4 is 15.9 Å². The maximum Gasteiger partial charge on any atom is 0.129 e. The number of halogens is 2. The Hall–Kier alpha value is -0.850. The standard InChI is InChI=1S/C12H13BrFN/c1-3-4-7-15-9(2)11-6-5-10(13)8-12(11)14/h1,5-6,8-9,15H,4,7H2,2H3. The molecule has 1 aromatic rings. The molecule has 1 atom stereocenters. The van der Waals surface area contributed by atoms with Gasteiger partial charge in [0.25, 0.3) is 0 Å². The molecule has 0 radical (unpaired) electrons. The Bertz CT molecular complexity index is 370. The predicted octanol–water partition coefficient (Wildman–Crippen LogP) is 3.26. The molecule has 0 fully saturated rings. The Balaban J connectivity index is 2.66. The van der Waals surface area contributed by atoms with E-state index in [2.05, 4.69) is 27.2 Å². The third kappa shape index (κ3) is 3.65. The normalized spacial score (nSPS) is 12.1. The molecule has 0 saturated heterocycles. The quantitative estimate of drug-likeness (QED) is 0.654. The molecule has 0 heterocycles. The zero-order valence-electron chi connectivity index (χ0n) is 8.56. The largest absolute Gasteiger partial charge is 0.309 e. The van der Waals surface area contributed by atoms with Gasteiger partial charge in [-0.25, -0.2) is 4.39 Å². The van der Waals surface area contributed by atoms with Crippen LogP contribution < -0.4 is 5.32 Å². The number of rotatable bonds is 4. The number of hydrogen-bond acceptors (Lipinski definition) is 1. The molecule has 1 nitrogen and oxygen atoms in total. The van der Waals surface area contributed by atoms with E-state index in [4.69, 9.17) is 6.42 Å². The van der Waals surface area contributed by atoms with E-state index < -0.39 is 0 Å². The van der Waals surface area contributed by atoms with Crippen LogP contribution in [0.3, 0.4) is 0 Å². The van der Waals surface area contributed by atoms with Gasteiger partial charge >= 0.3 is 0 Å². The topological polar surface area (TPSA) is 12.0 Å². The van der Waals surface area contributed by atoms with Gasteiger partial charge in [-0.05, 0) is 19.1 Å². The molecule has 0 bridgehead atoms. The summed E-state index contributed by atoms with van der Waals surface area (Å²) in [5.74, 6) is 2.33. The molecule has 80 valence electrons. The van der Waals surface area contributed by atoms with Crippen molar-refractivity contribution in [2.24, 2.45) is 0 Å². The van der Waals surface area contributed by atoms with Gasteiger partial charge in [0.05, 0.1) is 0 Å². The number of nitrogens with one attached hydrogen (secondary N) is 1. The van der Waals surface area contributed by atoms with E-state index >= 15 is 0 Å². The van der Waals surface area contributed by atoms with Gasteiger partial charge in [-0.3, -0.25) is 0 Å². The van der Waals surface area contributed by atoms with Gasteiger partial charge in [0, 0.05) is 29.0 Å². The third-order valence-corrected chi connectivity index (χ3v) is 2.64. The minimum Gasteiger partial charge on any atom is -0.309 e. The monoisotopic (exact) mass is 269 g/mol. The Morgan fingerprint density at radius 2 is 2.33 bits per heavy atom. The van der Waals surface area contributed by atoms with Crippen molar-refractivity contribution in [3.63, 3.8) is 0 Å². The van der Waals surface area contributed by atoms with Gasteiger partial charge < -0.3 is 5.32 Å². The highest BCUT2D eigenvalue weighted by molar-refractivity contribution is 9.10. The molecule has 0 aliphatic carbocycles. The first-order chi connectivity index (χ1) is 7.15. The summed E-state index contributed by atoms with van der Waals surface area (Å²) in [7, 11) is 0. The van der Waals surface area contributed by atoms with Crippen LogP contribution >= 0.6 is 15.9 Å². The number of hydrogen-bond donors (Lipinski definition) is 1. The van der Waals surface area contributed by atoms with Gasteiger partial charge in [-0.2, -0.15) is 0 Å². The molecule has 1 aromatic carbocycles. The predicted molar refractivity (Wildman–Crippen MR) is 64.0 cm³/mol. The van der Waals surface area contributed by atoms with Crippen LogP contribution in [0.5, 0.6) is 0 Å². The van der Waals surface area contributed by atoms with Crippen molar-refractivity contribution in [1.29, 1.82) is 0 Å². The van der Waals surface area contributed by atoms with Gasteiger partial charge in [0.2, 0.25) is 0 Å². The van der Waals surface area contributed by atoms with Crippen LogP contribution in [-0.2, 0) is 0 Å². The van der Waals surface area contributed by atoms with Crippen LogP contribution in [0.25, 0.3) is 0 Å². The highest BCUT2D eigenvalue weighted by Gasteiger charge is 2.09. The van der Waals surface area contributed by atoms with Gasteiger partial charge in [0.15, 0.2) is 0 Å². The lowest BCUT2D eigenvalue weighted by molar-refractivity contribution is 0.534. The zero-order valence-corrected chi connectivity index (χ0v) is 10.1. The number of terminal acetylenes is 1. The molecule has 0 amide bonds. The fraction of sp³-hybridized carbons (Fsp3) is 0.333. The summed E-state index contributed by atoms with van der Waals surface area (Å²) >= 11 is 3.22. The average Bonchev–Trinajstić information content (AvgIpc) is 2.17. The molecule has 0 aliphatic heterocycles. The highest BCUT2D eigenvalue weighted by Crippen LogP contribution is 2.20. The molecule has 15 heavy (non-hydrogen) atoms. The minimum absolute atomic E-state index is 0.0218. The first-order valence-electron chi connectivity index (χ1n) is 4.77. The van der Waals surface area contributed by atoms with Crippen molar-refractivity contribution in [3.8, 4) is 12.3 Å². The summed E-state index contributed by atoms with van der Waals surface area (Å²) < 4.78 is 14.2. The lowest BCUT2D eigenvalue weighted by atomic mass is 10.1. The van der Waals surface area contributed by atoms with Crippen molar-refractivity contribution < 1.29 is 4.39 Å². The van der Waals surface area contributed by atoms with E-state index in [0.29, 0.717) is 18.5 Å². The van der Waals surface area contributed by atoms with Gasteiger partial charge in [-0.15, -0.1) is 12.3 Å². The third-order valence-electron chi connectivity index (χ3n) is 2.15. The second-order valence-corrected chi connectivity index (χ2v) is 4.21. The first-order valence-corrected chi connectivity index (χ1v) is 5.56. The van der Waals surface area contributed by atoms with E-state index in [1.54, 1.807) is 6.07 Å². The Morgan fingerprint density at radius 3 is 2.93 bits per heavy atom. The summed E-state index contributed by atoms with van der Waals surface area (Å²) in [5.41, 5.74) is 0.662. The highest BCUT2D eigenvalue weighted by atomic mass is 79.9. The fourth-order valence-corrected chi connectivity index (χ4v) is 1.66. The van der Waals surface area contributed by atoms with Crippen LogP contribution in [0.15, 0.2) is 22.7 Å². The lowest BCUT2D eigenvalue weighted by Gasteiger charge is -2.14. The van der Waals surface area contributed by atoms with E-state index in [1.165, 1.54) is 6.07 Å².